The quantitative estimate of drug-likeness (QED) is 0.593. The van der Waals surface area contributed by atoms with Crippen molar-refractivity contribution in [2.24, 2.45) is 0 Å². The molecule has 0 fully saturated rings. The predicted molar refractivity (Wildman–Crippen MR) is 112 cm³/mol. The molecule has 0 aromatic heterocycles. The molecule has 150 valence electrons. The van der Waals surface area contributed by atoms with Gasteiger partial charge in [-0.15, -0.1) is 0 Å². The largest absolute Gasteiger partial charge is 0.493 e. The van der Waals surface area contributed by atoms with E-state index in [0.717, 1.165) is 6.42 Å². The molecular weight excluding hydrogens is 424 g/mol. The van der Waals surface area contributed by atoms with Crippen LogP contribution in [0.15, 0.2) is 46.9 Å². The zero-order chi connectivity index (χ0) is 20.5. The summed E-state index contributed by atoms with van der Waals surface area (Å²) in [7, 11) is 0. The number of ether oxygens (including phenoxy) is 2. The van der Waals surface area contributed by atoms with Crippen molar-refractivity contribution in [2.75, 3.05) is 13.2 Å². The van der Waals surface area contributed by atoms with E-state index < -0.39 is 11.8 Å². The number of carbonyl (C=O) groups is 2. The van der Waals surface area contributed by atoms with Crippen molar-refractivity contribution in [3.63, 3.8) is 0 Å². The molecule has 0 aliphatic rings. The second-order valence-electron chi connectivity index (χ2n) is 6.25. The van der Waals surface area contributed by atoms with Crippen LogP contribution in [0.3, 0.4) is 0 Å². The van der Waals surface area contributed by atoms with Gasteiger partial charge < -0.3 is 9.47 Å². The Balaban J connectivity index is 1.80. The lowest BCUT2D eigenvalue weighted by molar-refractivity contribution is -0.123. The van der Waals surface area contributed by atoms with Crippen molar-refractivity contribution in [3.8, 4) is 11.5 Å². The highest BCUT2D eigenvalue weighted by Gasteiger charge is 2.11. The van der Waals surface area contributed by atoms with Gasteiger partial charge in [0.05, 0.1) is 11.1 Å². The van der Waals surface area contributed by atoms with Crippen molar-refractivity contribution < 1.29 is 19.1 Å². The van der Waals surface area contributed by atoms with Crippen LogP contribution in [-0.2, 0) is 4.79 Å². The van der Waals surface area contributed by atoms with Gasteiger partial charge in [-0.05, 0) is 71.1 Å². The maximum Gasteiger partial charge on any atom is 0.276 e. The van der Waals surface area contributed by atoms with Gasteiger partial charge in [-0.1, -0.05) is 26.0 Å². The average Bonchev–Trinajstić information content (AvgIpc) is 2.71. The van der Waals surface area contributed by atoms with Crippen LogP contribution >= 0.6 is 15.9 Å². The molecule has 28 heavy (non-hydrogen) atoms. The first kappa shape index (κ1) is 21.8. The molecule has 0 heterocycles. The molecule has 7 heteroatoms. The van der Waals surface area contributed by atoms with Crippen molar-refractivity contribution in [3.05, 3.63) is 58.1 Å². The Morgan fingerprint density at radius 3 is 2.36 bits per heavy atom. The van der Waals surface area contributed by atoms with E-state index in [9.17, 15) is 9.59 Å². The van der Waals surface area contributed by atoms with E-state index in [1.165, 1.54) is 5.56 Å². The molecule has 0 spiro atoms. The summed E-state index contributed by atoms with van der Waals surface area (Å²) >= 11 is 3.35. The maximum absolute atomic E-state index is 12.1. The number of hydrazine groups is 1. The first-order valence-electron chi connectivity index (χ1n) is 9.18. The van der Waals surface area contributed by atoms with Crippen LogP contribution < -0.4 is 20.3 Å². The summed E-state index contributed by atoms with van der Waals surface area (Å²) in [6.45, 7) is 6.51. The average molecular weight is 449 g/mol. The fraction of sp³-hybridized carbons (Fsp3) is 0.333. The molecule has 2 aromatic rings. The van der Waals surface area contributed by atoms with E-state index in [0.29, 0.717) is 34.1 Å². The zero-order valence-electron chi connectivity index (χ0n) is 16.3. The molecule has 2 aromatic carbocycles. The Kier molecular flexibility index (Phi) is 8.32. The van der Waals surface area contributed by atoms with Gasteiger partial charge in [-0.25, -0.2) is 0 Å². The smallest absolute Gasteiger partial charge is 0.276 e. The van der Waals surface area contributed by atoms with Gasteiger partial charge in [-0.3, -0.25) is 20.4 Å². The molecule has 2 amide bonds. The molecule has 0 bridgehead atoms. The first-order chi connectivity index (χ1) is 13.4. The highest BCUT2D eigenvalue weighted by molar-refractivity contribution is 9.10. The van der Waals surface area contributed by atoms with Crippen LogP contribution in [0.2, 0.25) is 0 Å². The van der Waals surface area contributed by atoms with Crippen molar-refractivity contribution in [1.29, 1.82) is 0 Å². The molecule has 0 radical (unpaired) electrons. The lowest BCUT2D eigenvalue weighted by Gasteiger charge is -2.12. The molecule has 0 saturated carbocycles. The topological polar surface area (TPSA) is 76.7 Å². The Morgan fingerprint density at radius 1 is 1.04 bits per heavy atom. The number of hydrogen-bond donors (Lipinski definition) is 2. The van der Waals surface area contributed by atoms with Gasteiger partial charge in [-0.2, -0.15) is 0 Å². The molecule has 1 unspecified atom stereocenters. The van der Waals surface area contributed by atoms with E-state index in [4.69, 9.17) is 9.47 Å². The summed E-state index contributed by atoms with van der Waals surface area (Å²) in [5.41, 5.74) is 6.32. The maximum atomic E-state index is 12.1. The number of halogens is 1. The van der Waals surface area contributed by atoms with Crippen LogP contribution in [0.25, 0.3) is 0 Å². The number of amides is 2. The van der Waals surface area contributed by atoms with Crippen molar-refractivity contribution in [1.82, 2.24) is 10.9 Å². The molecule has 2 rings (SSSR count). The Hall–Kier alpha value is -2.54. The van der Waals surface area contributed by atoms with Crippen molar-refractivity contribution in [2.45, 2.75) is 33.1 Å². The van der Waals surface area contributed by atoms with Crippen molar-refractivity contribution >= 4 is 27.7 Å². The third kappa shape index (κ3) is 6.27. The SMILES string of the molecule is CCOc1ccc(C(=O)NNC(=O)COc2ccc(C(C)CC)cc2)cc1Br. The van der Waals surface area contributed by atoms with E-state index in [-0.39, 0.29) is 6.61 Å². The third-order valence-corrected chi connectivity index (χ3v) is 4.86. The van der Waals surface area contributed by atoms with Crippen LogP contribution in [-0.4, -0.2) is 25.0 Å². The van der Waals surface area contributed by atoms with Gasteiger partial charge >= 0.3 is 0 Å². The number of benzene rings is 2. The fourth-order valence-corrected chi connectivity index (χ4v) is 2.92. The molecule has 6 nitrogen and oxygen atoms in total. The second-order valence-corrected chi connectivity index (χ2v) is 7.10. The molecule has 1 atom stereocenters. The van der Waals surface area contributed by atoms with E-state index in [1.807, 2.05) is 31.2 Å². The molecule has 2 N–H and O–H groups in total. The van der Waals surface area contributed by atoms with Gasteiger partial charge in [0.25, 0.3) is 11.8 Å². The molecule has 0 aliphatic heterocycles. The first-order valence-corrected chi connectivity index (χ1v) is 9.98. The number of carbonyl (C=O) groups excluding carboxylic acids is 2. The summed E-state index contributed by atoms with van der Waals surface area (Å²) in [6, 6.07) is 12.6. The van der Waals surface area contributed by atoms with Crippen LogP contribution in [0.1, 0.15) is 49.0 Å². The minimum atomic E-state index is -0.454. The number of hydrogen-bond acceptors (Lipinski definition) is 4. The lowest BCUT2D eigenvalue weighted by atomic mass is 9.99. The van der Waals surface area contributed by atoms with Crippen LogP contribution in [0.4, 0.5) is 0 Å². The van der Waals surface area contributed by atoms with E-state index in [1.54, 1.807) is 18.2 Å². The van der Waals surface area contributed by atoms with Crippen LogP contribution in [0.5, 0.6) is 11.5 Å². The Labute approximate surface area is 173 Å². The summed E-state index contributed by atoms with van der Waals surface area (Å²) in [4.78, 5) is 24.0. The molecule has 0 aliphatic carbocycles. The normalized spacial score (nSPS) is 11.4. The Morgan fingerprint density at radius 2 is 1.75 bits per heavy atom. The lowest BCUT2D eigenvalue weighted by Crippen LogP contribution is -2.43. The van der Waals surface area contributed by atoms with Gasteiger partial charge in [0.15, 0.2) is 6.61 Å². The van der Waals surface area contributed by atoms with E-state index in [2.05, 4.69) is 40.6 Å². The highest BCUT2D eigenvalue weighted by atomic mass is 79.9. The summed E-state index contributed by atoms with van der Waals surface area (Å²) in [5.74, 6) is 0.842. The fourth-order valence-electron chi connectivity index (χ4n) is 2.43. The predicted octanol–water partition coefficient (Wildman–Crippen LogP) is 4.20. The third-order valence-electron chi connectivity index (χ3n) is 4.24. The van der Waals surface area contributed by atoms with E-state index >= 15 is 0 Å². The number of nitrogens with one attached hydrogen (secondary N) is 2. The monoisotopic (exact) mass is 448 g/mol. The standard InChI is InChI=1S/C21H25BrN2O4/c1-4-14(3)15-6-9-17(10-7-15)28-13-20(25)23-24-21(26)16-8-11-19(27-5-2)18(22)12-16/h6-12,14H,4-5,13H2,1-3H3,(H,23,25)(H,24,26). The molecular formula is C21H25BrN2O4. The summed E-state index contributed by atoms with van der Waals surface area (Å²) < 4.78 is 11.5. The number of rotatable bonds is 8. The van der Waals surface area contributed by atoms with Gasteiger partial charge in [0.2, 0.25) is 0 Å². The second kappa shape index (κ2) is 10.7. The zero-order valence-corrected chi connectivity index (χ0v) is 17.8. The Bertz CT molecular complexity index is 809. The molecule has 0 saturated heterocycles. The summed E-state index contributed by atoms with van der Waals surface area (Å²) in [5, 5.41) is 0. The minimum Gasteiger partial charge on any atom is -0.493 e. The summed E-state index contributed by atoms with van der Waals surface area (Å²) in [6.07, 6.45) is 1.06. The highest BCUT2D eigenvalue weighted by Crippen LogP contribution is 2.26. The minimum absolute atomic E-state index is 0.198. The van der Waals surface area contributed by atoms with Crippen LogP contribution in [0, 0.1) is 0 Å². The van der Waals surface area contributed by atoms with Gasteiger partial charge in [0.1, 0.15) is 11.5 Å². The van der Waals surface area contributed by atoms with Gasteiger partial charge in [0, 0.05) is 5.56 Å².